The zero-order chi connectivity index (χ0) is 15.1. The van der Waals surface area contributed by atoms with Crippen LogP contribution in [0.2, 0.25) is 0 Å². The smallest absolute Gasteiger partial charge is 0.182 e. The largest absolute Gasteiger partial charge is 0.383 e. The van der Waals surface area contributed by atoms with Gasteiger partial charge in [-0.2, -0.15) is 5.10 Å². The van der Waals surface area contributed by atoms with Gasteiger partial charge in [0, 0.05) is 13.5 Å². The number of ether oxygens (including phenoxy) is 1. The minimum Gasteiger partial charge on any atom is -0.383 e. The van der Waals surface area contributed by atoms with Gasteiger partial charge in [-0.1, -0.05) is 13.8 Å². The van der Waals surface area contributed by atoms with Crippen LogP contribution in [0.5, 0.6) is 0 Å². The van der Waals surface area contributed by atoms with Crippen molar-refractivity contribution in [1.29, 1.82) is 0 Å². The third-order valence-corrected chi connectivity index (χ3v) is 3.76. The van der Waals surface area contributed by atoms with E-state index in [1.54, 1.807) is 18.0 Å². The van der Waals surface area contributed by atoms with Crippen LogP contribution in [0.3, 0.4) is 0 Å². The quantitative estimate of drug-likeness (QED) is 0.698. The minimum atomic E-state index is 0.0848. The Hall–Kier alpha value is -0.720. The zero-order valence-electron chi connectivity index (χ0n) is 12.4. The molecule has 0 saturated heterocycles. The van der Waals surface area contributed by atoms with Crippen molar-refractivity contribution in [3.63, 3.8) is 0 Å². The summed E-state index contributed by atoms with van der Waals surface area (Å²) in [5.41, 5.74) is 6.39. The summed E-state index contributed by atoms with van der Waals surface area (Å²) in [5, 5.41) is 4.21. The van der Waals surface area contributed by atoms with Gasteiger partial charge in [-0.05, 0) is 40.7 Å². The highest BCUT2D eigenvalue weighted by Gasteiger charge is 2.21. The van der Waals surface area contributed by atoms with E-state index in [-0.39, 0.29) is 11.7 Å². The maximum absolute atomic E-state index is 12.5. The lowest BCUT2D eigenvalue weighted by molar-refractivity contribution is 0.0942. The first kappa shape index (κ1) is 17.3. The second kappa shape index (κ2) is 8.54. The van der Waals surface area contributed by atoms with Gasteiger partial charge in [0.1, 0.15) is 5.69 Å². The fourth-order valence-corrected chi connectivity index (χ4v) is 2.79. The molecule has 0 bridgehead atoms. The predicted octanol–water partition coefficient (Wildman–Crippen LogP) is 2.49. The molecule has 0 aromatic carbocycles. The van der Waals surface area contributed by atoms with E-state index in [2.05, 4.69) is 34.9 Å². The lowest BCUT2D eigenvalue weighted by Crippen LogP contribution is -2.22. The number of carbonyl (C=O) groups is 1. The molecule has 0 spiro atoms. The first-order valence-electron chi connectivity index (χ1n) is 6.93. The lowest BCUT2D eigenvalue weighted by Gasteiger charge is -2.16. The molecule has 0 aliphatic rings. The third kappa shape index (κ3) is 5.00. The van der Waals surface area contributed by atoms with E-state index in [1.807, 2.05) is 0 Å². The van der Waals surface area contributed by atoms with E-state index in [0.717, 1.165) is 10.9 Å². The van der Waals surface area contributed by atoms with Gasteiger partial charge in [-0.3, -0.25) is 9.48 Å². The molecular formula is C14H24BrN3O2. The van der Waals surface area contributed by atoms with Crippen LogP contribution in [0.4, 0.5) is 0 Å². The van der Waals surface area contributed by atoms with Crippen LogP contribution in [0.25, 0.3) is 0 Å². The normalized spacial score (nSPS) is 12.9. The number of hydrogen-bond donors (Lipinski definition) is 1. The Morgan fingerprint density at radius 2 is 2.25 bits per heavy atom. The summed E-state index contributed by atoms with van der Waals surface area (Å²) in [6.07, 6.45) is 3.08. The van der Waals surface area contributed by atoms with E-state index >= 15 is 0 Å². The molecule has 1 atom stereocenters. The molecule has 20 heavy (non-hydrogen) atoms. The monoisotopic (exact) mass is 345 g/mol. The molecule has 0 saturated carbocycles. The SMILES string of the molecule is COCCn1ncc(Br)c1C(=O)CC(CN)CC(C)C. The number of Topliss-reactive ketones (excluding diaryl/α,β-unsaturated/α-hetero) is 1. The molecule has 0 fully saturated rings. The molecule has 1 aromatic heterocycles. The zero-order valence-corrected chi connectivity index (χ0v) is 14.0. The van der Waals surface area contributed by atoms with E-state index in [0.29, 0.717) is 37.7 Å². The first-order chi connectivity index (χ1) is 9.49. The van der Waals surface area contributed by atoms with Crippen LogP contribution in [0, 0.1) is 11.8 Å². The second-order valence-electron chi connectivity index (χ2n) is 5.42. The number of methoxy groups -OCH3 is 1. The Morgan fingerprint density at radius 3 is 2.80 bits per heavy atom. The maximum atomic E-state index is 12.5. The molecule has 1 rings (SSSR count). The number of nitrogens with two attached hydrogens (primary N) is 1. The van der Waals surface area contributed by atoms with Crippen molar-refractivity contribution < 1.29 is 9.53 Å². The average Bonchev–Trinajstić information content (AvgIpc) is 2.76. The highest BCUT2D eigenvalue weighted by Crippen LogP contribution is 2.22. The van der Waals surface area contributed by atoms with Crippen molar-refractivity contribution in [3.05, 3.63) is 16.4 Å². The van der Waals surface area contributed by atoms with Gasteiger partial charge in [-0.15, -0.1) is 0 Å². The molecule has 6 heteroatoms. The average molecular weight is 346 g/mol. The third-order valence-electron chi connectivity index (χ3n) is 3.18. The van der Waals surface area contributed by atoms with Crippen molar-refractivity contribution in [2.45, 2.75) is 33.2 Å². The topological polar surface area (TPSA) is 70.1 Å². The number of ketones is 1. The molecule has 2 N–H and O–H groups in total. The number of aromatic nitrogens is 2. The Kier molecular flexibility index (Phi) is 7.40. The van der Waals surface area contributed by atoms with E-state index in [1.165, 1.54) is 0 Å². The molecule has 0 aliphatic carbocycles. The molecule has 0 amide bonds. The summed E-state index contributed by atoms with van der Waals surface area (Å²) in [6, 6.07) is 0. The summed E-state index contributed by atoms with van der Waals surface area (Å²) in [6.45, 7) is 5.92. The summed E-state index contributed by atoms with van der Waals surface area (Å²) in [5.74, 6) is 0.847. The predicted molar refractivity (Wildman–Crippen MR) is 82.7 cm³/mol. The van der Waals surface area contributed by atoms with Gasteiger partial charge in [0.2, 0.25) is 0 Å². The van der Waals surface area contributed by atoms with E-state index in [9.17, 15) is 4.79 Å². The number of rotatable bonds is 9. The number of halogens is 1. The molecule has 1 heterocycles. The standard InChI is InChI=1S/C14H24BrN3O2/c1-10(2)6-11(8-16)7-13(19)14-12(15)9-17-18(14)4-5-20-3/h9-11H,4-8,16H2,1-3H3. The Bertz CT molecular complexity index is 432. The number of carbonyl (C=O) groups excluding carboxylic acids is 1. The Labute approximate surface area is 129 Å². The van der Waals surface area contributed by atoms with E-state index < -0.39 is 0 Å². The van der Waals surface area contributed by atoms with Gasteiger partial charge in [0.15, 0.2) is 5.78 Å². The van der Waals surface area contributed by atoms with Crippen molar-refractivity contribution in [1.82, 2.24) is 9.78 Å². The summed E-state index contributed by atoms with van der Waals surface area (Å²) < 4.78 is 7.47. The van der Waals surface area contributed by atoms with Crippen LogP contribution < -0.4 is 5.73 Å². The molecule has 0 radical (unpaired) electrons. The Balaban J connectivity index is 2.77. The van der Waals surface area contributed by atoms with Crippen molar-refractivity contribution >= 4 is 21.7 Å². The van der Waals surface area contributed by atoms with Crippen molar-refractivity contribution in [2.24, 2.45) is 17.6 Å². The maximum Gasteiger partial charge on any atom is 0.182 e. The van der Waals surface area contributed by atoms with Gasteiger partial charge in [0.05, 0.1) is 23.8 Å². The lowest BCUT2D eigenvalue weighted by atomic mass is 9.92. The molecule has 1 unspecified atom stereocenters. The first-order valence-corrected chi connectivity index (χ1v) is 7.72. The van der Waals surface area contributed by atoms with Crippen molar-refractivity contribution in [3.8, 4) is 0 Å². The van der Waals surface area contributed by atoms with Gasteiger partial charge in [0.25, 0.3) is 0 Å². The number of nitrogens with zero attached hydrogens (tertiary/aromatic N) is 2. The summed E-state index contributed by atoms with van der Waals surface area (Å²) in [4.78, 5) is 12.5. The molecule has 5 nitrogen and oxygen atoms in total. The fourth-order valence-electron chi connectivity index (χ4n) is 2.28. The highest BCUT2D eigenvalue weighted by molar-refractivity contribution is 9.10. The van der Waals surface area contributed by atoms with Crippen molar-refractivity contribution in [2.75, 3.05) is 20.3 Å². The molecule has 0 aliphatic heterocycles. The highest BCUT2D eigenvalue weighted by atomic mass is 79.9. The molecule has 1 aromatic rings. The summed E-state index contributed by atoms with van der Waals surface area (Å²) in [7, 11) is 1.63. The summed E-state index contributed by atoms with van der Waals surface area (Å²) >= 11 is 3.40. The Morgan fingerprint density at radius 1 is 1.55 bits per heavy atom. The van der Waals surface area contributed by atoms with Gasteiger partial charge < -0.3 is 10.5 Å². The number of hydrogen-bond acceptors (Lipinski definition) is 4. The van der Waals surface area contributed by atoms with E-state index in [4.69, 9.17) is 10.5 Å². The second-order valence-corrected chi connectivity index (χ2v) is 6.27. The minimum absolute atomic E-state index is 0.0848. The van der Waals surface area contributed by atoms with Crippen LogP contribution in [0.15, 0.2) is 10.7 Å². The molecular weight excluding hydrogens is 322 g/mol. The van der Waals surface area contributed by atoms with Crippen LogP contribution in [-0.4, -0.2) is 35.8 Å². The van der Waals surface area contributed by atoms with Crippen LogP contribution in [0.1, 0.15) is 37.2 Å². The van der Waals surface area contributed by atoms with Crippen LogP contribution >= 0.6 is 15.9 Å². The van der Waals surface area contributed by atoms with Gasteiger partial charge in [-0.25, -0.2) is 0 Å². The van der Waals surface area contributed by atoms with Gasteiger partial charge >= 0.3 is 0 Å². The molecule has 114 valence electrons. The van der Waals surface area contributed by atoms with Crippen LogP contribution in [-0.2, 0) is 11.3 Å². The fraction of sp³-hybridized carbons (Fsp3) is 0.714.